The molecule has 1 aromatic carbocycles. The fraction of sp³-hybridized carbons (Fsp3) is 0.400. The van der Waals surface area contributed by atoms with Crippen molar-refractivity contribution >= 4 is 23.3 Å². The molecule has 0 N–H and O–H groups in total. The smallest absolute Gasteiger partial charge is 0.354 e. The molecular formula is C20H21ClF3N3O. The topological polar surface area (TPSA) is 36.4 Å². The van der Waals surface area contributed by atoms with Crippen molar-refractivity contribution in [2.75, 3.05) is 31.1 Å². The highest BCUT2D eigenvalue weighted by atomic mass is 35.5. The first kappa shape index (κ1) is 20.5. The molecule has 2 heterocycles. The predicted octanol–water partition coefficient (Wildman–Crippen LogP) is 4.72. The number of rotatable bonds is 2. The van der Waals surface area contributed by atoms with Gasteiger partial charge in [0.25, 0.3) is 5.91 Å². The zero-order valence-electron chi connectivity index (χ0n) is 15.7. The number of pyridine rings is 1. The normalized spacial score (nSPS) is 15.5. The third-order valence-corrected chi connectivity index (χ3v) is 5.34. The summed E-state index contributed by atoms with van der Waals surface area (Å²) in [6.45, 7) is 5.93. The highest BCUT2D eigenvalue weighted by molar-refractivity contribution is 6.33. The molecule has 28 heavy (non-hydrogen) atoms. The second-order valence-corrected chi connectivity index (χ2v) is 7.31. The number of amides is 1. The van der Waals surface area contributed by atoms with E-state index in [0.29, 0.717) is 44.0 Å². The molecule has 1 aromatic heterocycles. The van der Waals surface area contributed by atoms with E-state index in [0.717, 1.165) is 23.4 Å². The fourth-order valence-electron chi connectivity index (χ4n) is 3.30. The maximum Gasteiger partial charge on any atom is 0.417 e. The van der Waals surface area contributed by atoms with E-state index in [4.69, 9.17) is 11.6 Å². The third-order valence-electron chi connectivity index (χ3n) is 5.07. The number of hydrogen-bond donors (Lipinski definition) is 0. The van der Waals surface area contributed by atoms with Gasteiger partial charge < -0.3 is 9.80 Å². The Labute approximate surface area is 166 Å². The minimum absolute atomic E-state index is 0.0328. The molecule has 150 valence electrons. The summed E-state index contributed by atoms with van der Waals surface area (Å²) in [6.07, 6.45) is -3.01. The second kappa shape index (κ2) is 7.99. The Morgan fingerprint density at radius 3 is 2.57 bits per heavy atom. The van der Waals surface area contributed by atoms with Gasteiger partial charge in [0, 0.05) is 37.9 Å². The number of aromatic nitrogens is 1. The van der Waals surface area contributed by atoms with Crippen LogP contribution in [-0.2, 0) is 6.18 Å². The molecule has 0 aliphatic carbocycles. The molecule has 0 spiro atoms. The molecule has 1 aliphatic heterocycles. The Hall–Kier alpha value is -2.28. The standard InChI is InChI=1S/C20H21ClF3N3O/c1-13-5-3-6-16(14(13)2)19(28)27-8-4-7-26(9-10-27)18-17(21)11-15(12-25-18)20(22,23)24/h3,5-6,11-12H,4,7-10H2,1-2H3. The van der Waals surface area contributed by atoms with Crippen LogP contribution in [0.2, 0.25) is 5.02 Å². The largest absolute Gasteiger partial charge is 0.417 e. The van der Waals surface area contributed by atoms with Gasteiger partial charge >= 0.3 is 6.18 Å². The number of anilines is 1. The fourth-order valence-corrected chi connectivity index (χ4v) is 3.59. The van der Waals surface area contributed by atoms with Crippen LogP contribution in [0.3, 0.4) is 0 Å². The highest BCUT2D eigenvalue weighted by Crippen LogP contribution is 2.33. The summed E-state index contributed by atoms with van der Waals surface area (Å²) in [6, 6.07) is 6.55. The molecule has 0 saturated carbocycles. The van der Waals surface area contributed by atoms with Gasteiger partial charge in [-0.1, -0.05) is 23.7 Å². The number of carbonyl (C=O) groups excluding carboxylic acids is 1. The van der Waals surface area contributed by atoms with Gasteiger partial charge in [-0.3, -0.25) is 4.79 Å². The molecular weight excluding hydrogens is 391 g/mol. The van der Waals surface area contributed by atoms with Crippen LogP contribution in [0.25, 0.3) is 0 Å². The SMILES string of the molecule is Cc1cccc(C(=O)N2CCCN(c3ncc(C(F)(F)F)cc3Cl)CC2)c1C. The van der Waals surface area contributed by atoms with Gasteiger partial charge in [0.1, 0.15) is 5.82 Å². The lowest BCUT2D eigenvalue weighted by Crippen LogP contribution is -2.35. The van der Waals surface area contributed by atoms with E-state index in [1.807, 2.05) is 36.9 Å². The van der Waals surface area contributed by atoms with Gasteiger partial charge in [0.2, 0.25) is 0 Å². The summed E-state index contributed by atoms with van der Waals surface area (Å²) in [7, 11) is 0. The molecule has 8 heteroatoms. The van der Waals surface area contributed by atoms with Crippen molar-refractivity contribution in [2.24, 2.45) is 0 Å². The lowest BCUT2D eigenvalue weighted by molar-refractivity contribution is -0.137. The maximum absolute atomic E-state index is 12.9. The molecule has 1 aliphatic rings. The van der Waals surface area contributed by atoms with E-state index in [2.05, 4.69) is 4.98 Å². The summed E-state index contributed by atoms with van der Waals surface area (Å²) in [5.74, 6) is 0.283. The van der Waals surface area contributed by atoms with E-state index in [1.54, 1.807) is 4.90 Å². The van der Waals surface area contributed by atoms with Gasteiger partial charge in [0.15, 0.2) is 0 Å². The molecule has 0 radical (unpaired) electrons. The van der Waals surface area contributed by atoms with Crippen molar-refractivity contribution in [2.45, 2.75) is 26.4 Å². The van der Waals surface area contributed by atoms with Crippen LogP contribution in [0.4, 0.5) is 19.0 Å². The molecule has 1 saturated heterocycles. The van der Waals surface area contributed by atoms with Crippen LogP contribution < -0.4 is 4.90 Å². The molecule has 1 amide bonds. The van der Waals surface area contributed by atoms with Crippen molar-refractivity contribution in [3.05, 3.63) is 57.7 Å². The number of alkyl halides is 3. The molecule has 0 unspecified atom stereocenters. The lowest BCUT2D eigenvalue weighted by Gasteiger charge is -2.24. The first-order chi connectivity index (χ1) is 13.2. The number of benzene rings is 1. The van der Waals surface area contributed by atoms with Gasteiger partial charge in [-0.25, -0.2) is 4.98 Å². The summed E-state index contributed by atoms with van der Waals surface area (Å²) in [4.78, 5) is 20.5. The van der Waals surface area contributed by atoms with Crippen LogP contribution >= 0.6 is 11.6 Å². The number of nitrogens with zero attached hydrogens (tertiary/aromatic N) is 3. The van der Waals surface area contributed by atoms with Gasteiger partial charge in [0.05, 0.1) is 10.6 Å². The minimum atomic E-state index is -4.48. The summed E-state index contributed by atoms with van der Waals surface area (Å²) in [5.41, 5.74) is 1.83. The first-order valence-corrected chi connectivity index (χ1v) is 9.39. The van der Waals surface area contributed by atoms with Gasteiger partial charge in [-0.15, -0.1) is 0 Å². The second-order valence-electron chi connectivity index (χ2n) is 6.91. The van der Waals surface area contributed by atoms with Crippen molar-refractivity contribution in [3.8, 4) is 0 Å². The molecule has 3 rings (SSSR count). The van der Waals surface area contributed by atoms with E-state index in [9.17, 15) is 18.0 Å². The lowest BCUT2D eigenvalue weighted by atomic mass is 10.0. The Kier molecular flexibility index (Phi) is 5.84. The molecule has 1 fully saturated rings. The van der Waals surface area contributed by atoms with Crippen molar-refractivity contribution in [1.29, 1.82) is 0 Å². The Morgan fingerprint density at radius 1 is 1.14 bits per heavy atom. The van der Waals surface area contributed by atoms with Crippen LogP contribution in [0, 0.1) is 13.8 Å². The number of aryl methyl sites for hydroxylation is 1. The van der Waals surface area contributed by atoms with Gasteiger partial charge in [-0.05, 0) is 43.5 Å². The summed E-state index contributed by atoms with van der Waals surface area (Å²) < 4.78 is 38.4. The summed E-state index contributed by atoms with van der Waals surface area (Å²) in [5, 5.41) is -0.0378. The highest BCUT2D eigenvalue weighted by Gasteiger charge is 2.32. The number of halogens is 4. The number of hydrogen-bond acceptors (Lipinski definition) is 3. The van der Waals surface area contributed by atoms with Crippen molar-refractivity contribution in [1.82, 2.24) is 9.88 Å². The quantitative estimate of drug-likeness (QED) is 0.717. The minimum Gasteiger partial charge on any atom is -0.354 e. The molecule has 0 bridgehead atoms. The monoisotopic (exact) mass is 411 g/mol. The van der Waals surface area contributed by atoms with Crippen molar-refractivity contribution in [3.63, 3.8) is 0 Å². The number of carbonyl (C=O) groups is 1. The zero-order chi connectivity index (χ0) is 20.5. The molecule has 4 nitrogen and oxygen atoms in total. The Bertz CT molecular complexity index is 885. The predicted molar refractivity (Wildman–Crippen MR) is 103 cm³/mol. The maximum atomic E-state index is 12.9. The Balaban J connectivity index is 1.75. The van der Waals surface area contributed by atoms with Crippen LogP contribution in [-0.4, -0.2) is 42.0 Å². The Morgan fingerprint density at radius 2 is 1.89 bits per heavy atom. The van der Waals surface area contributed by atoms with Crippen molar-refractivity contribution < 1.29 is 18.0 Å². The third kappa shape index (κ3) is 4.24. The zero-order valence-corrected chi connectivity index (χ0v) is 16.4. The van der Waals surface area contributed by atoms with Crippen LogP contribution in [0.15, 0.2) is 30.5 Å². The van der Waals surface area contributed by atoms with Crippen LogP contribution in [0.1, 0.15) is 33.5 Å². The van der Waals surface area contributed by atoms with E-state index >= 15 is 0 Å². The average Bonchev–Trinajstić information content (AvgIpc) is 2.89. The average molecular weight is 412 g/mol. The van der Waals surface area contributed by atoms with Crippen LogP contribution in [0.5, 0.6) is 0 Å². The molecule has 2 aromatic rings. The molecule has 0 atom stereocenters. The first-order valence-electron chi connectivity index (χ1n) is 9.01. The van der Waals surface area contributed by atoms with E-state index < -0.39 is 11.7 Å². The summed E-state index contributed by atoms with van der Waals surface area (Å²) >= 11 is 6.07. The van der Waals surface area contributed by atoms with E-state index in [-0.39, 0.29) is 10.9 Å². The van der Waals surface area contributed by atoms with E-state index in [1.165, 1.54) is 0 Å². The van der Waals surface area contributed by atoms with Gasteiger partial charge in [-0.2, -0.15) is 13.2 Å².